The lowest BCUT2D eigenvalue weighted by atomic mass is 9.92. The zero-order valence-corrected chi connectivity index (χ0v) is 18.3. The van der Waals surface area contributed by atoms with Crippen LogP contribution >= 0.6 is 12.2 Å². The van der Waals surface area contributed by atoms with Crippen LogP contribution in [0, 0.1) is 10.1 Å². The SMILES string of the molecule is O=[N+]([O-])c1ccccc1-c1ccc([C@H]2[C@H](c3ccccn3)NC(=S)N2C2CCCCC2)o1. The molecule has 3 heterocycles. The van der Waals surface area contributed by atoms with E-state index in [1.807, 2.05) is 30.3 Å². The molecule has 0 radical (unpaired) electrons. The number of nitro benzene ring substituents is 1. The molecule has 2 aliphatic rings. The molecule has 1 saturated carbocycles. The van der Waals surface area contributed by atoms with E-state index in [0.29, 0.717) is 22.5 Å². The predicted octanol–water partition coefficient (Wildman–Crippen LogP) is 5.56. The van der Waals surface area contributed by atoms with Gasteiger partial charge in [-0.3, -0.25) is 15.1 Å². The summed E-state index contributed by atoms with van der Waals surface area (Å²) in [5.74, 6) is 1.21. The van der Waals surface area contributed by atoms with Crippen molar-refractivity contribution in [3.63, 3.8) is 0 Å². The Balaban J connectivity index is 1.56. The summed E-state index contributed by atoms with van der Waals surface area (Å²) in [5, 5.41) is 15.7. The van der Waals surface area contributed by atoms with Gasteiger partial charge in [0.2, 0.25) is 0 Å². The predicted molar refractivity (Wildman–Crippen MR) is 125 cm³/mol. The molecule has 0 bridgehead atoms. The Labute approximate surface area is 191 Å². The lowest BCUT2D eigenvalue weighted by Crippen LogP contribution is -2.40. The van der Waals surface area contributed by atoms with Gasteiger partial charge in [-0.05, 0) is 55.4 Å². The van der Waals surface area contributed by atoms with E-state index < -0.39 is 0 Å². The van der Waals surface area contributed by atoms with Crippen LogP contribution in [0.2, 0.25) is 0 Å². The Kier molecular flexibility index (Phi) is 5.61. The highest BCUT2D eigenvalue weighted by Gasteiger charge is 2.44. The van der Waals surface area contributed by atoms with Crippen LogP contribution in [-0.4, -0.2) is 26.0 Å². The maximum Gasteiger partial charge on any atom is 0.280 e. The molecule has 0 amide bonds. The molecule has 3 aromatic rings. The average Bonchev–Trinajstić information content (AvgIpc) is 3.44. The number of nitrogens with one attached hydrogen (secondary N) is 1. The maximum absolute atomic E-state index is 11.5. The molecule has 2 atom stereocenters. The van der Waals surface area contributed by atoms with E-state index >= 15 is 0 Å². The van der Waals surface area contributed by atoms with E-state index in [9.17, 15) is 10.1 Å². The van der Waals surface area contributed by atoms with Crippen molar-refractivity contribution in [2.75, 3.05) is 0 Å². The molecule has 32 heavy (non-hydrogen) atoms. The second-order valence-electron chi connectivity index (χ2n) is 8.30. The second-order valence-corrected chi connectivity index (χ2v) is 8.69. The molecule has 5 rings (SSSR count). The van der Waals surface area contributed by atoms with Crippen molar-refractivity contribution < 1.29 is 9.34 Å². The van der Waals surface area contributed by atoms with Crippen LogP contribution < -0.4 is 5.32 Å². The van der Waals surface area contributed by atoms with Gasteiger partial charge in [0.1, 0.15) is 17.6 Å². The van der Waals surface area contributed by atoms with E-state index in [4.69, 9.17) is 16.6 Å². The number of furan rings is 1. The van der Waals surface area contributed by atoms with E-state index in [1.54, 1.807) is 24.4 Å². The fraction of sp³-hybridized carbons (Fsp3) is 0.333. The Morgan fingerprint density at radius 2 is 1.84 bits per heavy atom. The van der Waals surface area contributed by atoms with Crippen molar-refractivity contribution >= 4 is 23.0 Å². The van der Waals surface area contributed by atoms with Gasteiger partial charge in [-0.15, -0.1) is 0 Å². The molecular weight excluding hydrogens is 424 g/mol. The molecule has 1 aliphatic heterocycles. The molecule has 1 saturated heterocycles. The molecule has 1 aliphatic carbocycles. The molecule has 8 heteroatoms. The zero-order chi connectivity index (χ0) is 22.1. The highest BCUT2D eigenvalue weighted by molar-refractivity contribution is 7.80. The third kappa shape index (κ3) is 3.75. The van der Waals surface area contributed by atoms with Crippen LogP contribution in [0.1, 0.15) is 55.6 Å². The molecule has 1 N–H and O–H groups in total. The van der Waals surface area contributed by atoms with Crippen LogP contribution in [-0.2, 0) is 0 Å². The zero-order valence-electron chi connectivity index (χ0n) is 17.5. The van der Waals surface area contributed by atoms with Gasteiger partial charge in [0, 0.05) is 18.3 Å². The first-order valence-electron chi connectivity index (χ1n) is 11.0. The number of hydrogen-bond donors (Lipinski definition) is 1. The summed E-state index contributed by atoms with van der Waals surface area (Å²) < 4.78 is 6.29. The number of hydrogen-bond acceptors (Lipinski definition) is 5. The van der Waals surface area contributed by atoms with Crippen LogP contribution in [0.25, 0.3) is 11.3 Å². The monoisotopic (exact) mass is 448 g/mol. The summed E-state index contributed by atoms with van der Waals surface area (Å²) in [6.45, 7) is 0. The van der Waals surface area contributed by atoms with E-state index in [-0.39, 0.29) is 22.7 Å². The van der Waals surface area contributed by atoms with E-state index in [2.05, 4.69) is 15.2 Å². The van der Waals surface area contributed by atoms with Gasteiger partial charge in [0.15, 0.2) is 5.11 Å². The summed E-state index contributed by atoms with van der Waals surface area (Å²) in [6, 6.07) is 16.2. The van der Waals surface area contributed by atoms with Gasteiger partial charge in [-0.1, -0.05) is 37.5 Å². The first kappa shape index (κ1) is 20.6. The second kappa shape index (κ2) is 8.70. The fourth-order valence-electron chi connectivity index (χ4n) is 4.92. The van der Waals surface area contributed by atoms with Gasteiger partial charge in [0.05, 0.1) is 22.2 Å². The summed E-state index contributed by atoms with van der Waals surface area (Å²) in [6.07, 6.45) is 7.58. The smallest absolute Gasteiger partial charge is 0.280 e. The summed E-state index contributed by atoms with van der Waals surface area (Å²) in [5.41, 5.74) is 1.39. The normalized spacial score (nSPS) is 21.5. The first-order valence-corrected chi connectivity index (χ1v) is 11.4. The number of nitrogens with zero attached hydrogens (tertiary/aromatic N) is 3. The van der Waals surface area contributed by atoms with E-state index in [0.717, 1.165) is 24.3 Å². The van der Waals surface area contributed by atoms with Crippen molar-refractivity contribution in [2.24, 2.45) is 0 Å². The van der Waals surface area contributed by atoms with Gasteiger partial charge < -0.3 is 14.6 Å². The van der Waals surface area contributed by atoms with Gasteiger partial charge >= 0.3 is 0 Å². The Morgan fingerprint density at radius 3 is 2.59 bits per heavy atom. The summed E-state index contributed by atoms with van der Waals surface area (Å²) in [7, 11) is 0. The number of benzene rings is 1. The van der Waals surface area contributed by atoms with E-state index in [1.165, 1.54) is 25.3 Å². The van der Waals surface area contributed by atoms with Crippen LogP contribution in [0.3, 0.4) is 0 Å². The van der Waals surface area contributed by atoms with Crippen molar-refractivity contribution in [2.45, 2.75) is 50.2 Å². The minimum Gasteiger partial charge on any atom is -0.459 e. The third-order valence-corrected chi connectivity index (χ3v) is 6.72. The Bertz CT molecular complexity index is 1130. The minimum absolute atomic E-state index is 0.0267. The summed E-state index contributed by atoms with van der Waals surface area (Å²) in [4.78, 5) is 18.0. The van der Waals surface area contributed by atoms with Gasteiger partial charge in [0.25, 0.3) is 5.69 Å². The van der Waals surface area contributed by atoms with Gasteiger partial charge in [-0.2, -0.15) is 0 Å². The minimum atomic E-state index is -0.380. The quantitative estimate of drug-likeness (QED) is 0.311. The lowest BCUT2D eigenvalue weighted by molar-refractivity contribution is -0.384. The number of nitro groups is 1. The highest BCUT2D eigenvalue weighted by atomic mass is 32.1. The fourth-order valence-corrected chi connectivity index (χ4v) is 5.31. The number of para-hydroxylation sites is 1. The largest absolute Gasteiger partial charge is 0.459 e. The standard InChI is InChI=1S/C24H24N4O3S/c29-28(30)19-12-5-4-10-17(19)20-13-14-21(31-20)23-22(18-11-6-7-15-25-18)26-24(32)27(23)16-8-2-1-3-9-16/h4-7,10-16,22-23H,1-3,8-9H2,(H,26,32)/t22-,23-/m0/s1. The molecule has 2 aromatic heterocycles. The number of thiocarbonyl (C=S) groups is 1. The van der Waals surface area contributed by atoms with Crippen molar-refractivity contribution in [1.82, 2.24) is 15.2 Å². The molecular formula is C24H24N4O3S. The van der Waals surface area contributed by atoms with Crippen molar-refractivity contribution in [1.29, 1.82) is 0 Å². The Hall–Kier alpha value is -3.26. The molecule has 7 nitrogen and oxygen atoms in total. The van der Waals surface area contributed by atoms with Crippen molar-refractivity contribution in [3.8, 4) is 11.3 Å². The molecule has 0 spiro atoms. The molecule has 1 aromatic carbocycles. The topological polar surface area (TPSA) is 84.4 Å². The first-order chi connectivity index (χ1) is 15.6. The molecule has 0 unspecified atom stereocenters. The van der Waals surface area contributed by atoms with Crippen LogP contribution in [0.4, 0.5) is 5.69 Å². The van der Waals surface area contributed by atoms with Crippen molar-refractivity contribution in [3.05, 3.63) is 82.4 Å². The number of pyridine rings is 1. The average molecular weight is 449 g/mol. The molecule has 2 fully saturated rings. The lowest BCUT2D eigenvalue weighted by Gasteiger charge is -2.36. The third-order valence-electron chi connectivity index (χ3n) is 6.39. The summed E-state index contributed by atoms with van der Waals surface area (Å²) >= 11 is 5.79. The number of rotatable bonds is 5. The molecule has 164 valence electrons. The van der Waals surface area contributed by atoms with Crippen LogP contribution in [0.5, 0.6) is 0 Å². The Morgan fingerprint density at radius 1 is 1.06 bits per heavy atom. The highest BCUT2D eigenvalue weighted by Crippen LogP contribution is 2.44. The van der Waals surface area contributed by atoms with Crippen LogP contribution in [0.15, 0.2) is 65.2 Å². The maximum atomic E-state index is 11.5. The number of aromatic nitrogens is 1. The van der Waals surface area contributed by atoms with Gasteiger partial charge in [-0.25, -0.2) is 0 Å².